The molecule has 1 N–H and O–H groups in total. The van der Waals surface area contributed by atoms with Gasteiger partial charge in [-0.2, -0.15) is 0 Å². The molecule has 2 nitrogen and oxygen atoms in total. The van der Waals surface area contributed by atoms with Gasteiger partial charge in [-0.1, -0.05) is 6.92 Å². The Morgan fingerprint density at radius 2 is 2.23 bits per heavy atom. The Morgan fingerprint density at radius 1 is 1.31 bits per heavy atom. The summed E-state index contributed by atoms with van der Waals surface area (Å²) in [6.07, 6.45) is 7.17. The first kappa shape index (κ1) is 9.47. The van der Waals surface area contributed by atoms with Crippen LogP contribution < -0.4 is 5.32 Å². The summed E-state index contributed by atoms with van der Waals surface area (Å²) in [6, 6.07) is 0.777. The van der Waals surface area contributed by atoms with Crippen molar-refractivity contribution in [1.82, 2.24) is 5.32 Å². The fourth-order valence-electron chi connectivity index (χ4n) is 2.50. The number of hydrogen-bond donors (Lipinski definition) is 1. The summed E-state index contributed by atoms with van der Waals surface area (Å²) in [5.74, 6) is 0.932. The molecular weight excluding hydrogens is 162 g/mol. The standard InChI is InChI=1S/C11H21NO/c1-9-4-5-10(7-9)12-8-11-3-2-6-13-11/h9-12H,2-8H2,1H3/t9-,10-,11-/m0/s1. The Kier molecular flexibility index (Phi) is 3.23. The largest absolute Gasteiger partial charge is 0.377 e. The van der Waals surface area contributed by atoms with Crippen LogP contribution in [0.25, 0.3) is 0 Å². The maximum Gasteiger partial charge on any atom is 0.0700 e. The molecule has 2 aliphatic rings. The Labute approximate surface area is 81.0 Å². The summed E-state index contributed by atoms with van der Waals surface area (Å²) >= 11 is 0. The van der Waals surface area contributed by atoms with Gasteiger partial charge in [0.05, 0.1) is 6.10 Å². The van der Waals surface area contributed by atoms with Gasteiger partial charge < -0.3 is 10.1 Å². The van der Waals surface area contributed by atoms with Gasteiger partial charge in [0.1, 0.15) is 0 Å². The summed E-state index contributed by atoms with van der Waals surface area (Å²) in [7, 11) is 0. The van der Waals surface area contributed by atoms with Gasteiger partial charge in [-0.25, -0.2) is 0 Å². The zero-order valence-corrected chi connectivity index (χ0v) is 8.59. The van der Waals surface area contributed by atoms with Crippen LogP contribution in [0.5, 0.6) is 0 Å². The molecule has 2 rings (SSSR count). The van der Waals surface area contributed by atoms with Gasteiger partial charge >= 0.3 is 0 Å². The van der Waals surface area contributed by atoms with Crippen LogP contribution in [-0.2, 0) is 4.74 Å². The number of nitrogens with one attached hydrogen (secondary N) is 1. The quantitative estimate of drug-likeness (QED) is 0.722. The number of rotatable bonds is 3. The average Bonchev–Trinajstić information content (AvgIpc) is 2.71. The summed E-state index contributed by atoms with van der Waals surface area (Å²) in [6.45, 7) is 4.42. The van der Waals surface area contributed by atoms with Gasteiger partial charge in [0, 0.05) is 19.2 Å². The molecule has 0 amide bonds. The van der Waals surface area contributed by atoms with Gasteiger partial charge in [-0.3, -0.25) is 0 Å². The minimum atomic E-state index is 0.510. The van der Waals surface area contributed by atoms with Crippen LogP contribution >= 0.6 is 0 Å². The van der Waals surface area contributed by atoms with E-state index in [2.05, 4.69) is 12.2 Å². The summed E-state index contributed by atoms with van der Waals surface area (Å²) < 4.78 is 5.58. The van der Waals surface area contributed by atoms with Crippen molar-refractivity contribution in [2.75, 3.05) is 13.2 Å². The molecule has 0 aromatic rings. The van der Waals surface area contributed by atoms with E-state index >= 15 is 0 Å². The van der Waals surface area contributed by atoms with Crippen LogP contribution in [0.4, 0.5) is 0 Å². The van der Waals surface area contributed by atoms with Crippen LogP contribution in [0.2, 0.25) is 0 Å². The highest BCUT2D eigenvalue weighted by atomic mass is 16.5. The molecule has 13 heavy (non-hydrogen) atoms. The second-order valence-electron chi connectivity index (χ2n) is 4.66. The molecule has 0 aromatic heterocycles. The highest BCUT2D eigenvalue weighted by Crippen LogP contribution is 2.24. The second kappa shape index (κ2) is 4.43. The van der Waals surface area contributed by atoms with E-state index < -0.39 is 0 Å². The molecule has 0 spiro atoms. The Morgan fingerprint density at radius 3 is 2.85 bits per heavy atom. The smallest absolute Gasteiger partial charge is 0.0700 e. The van der Waals surface area contributed by atoms with E-state index in [0.717, 1.165) is 25.1 Å². The molecule has 1 heterocycles. The SMILES string of the molecule is C[C@H]1CC[C@H](NC[C@@H]2CCCO2)C1. The van der Waals surface area contributed by atoms with Gasteiger partial charge in [0.15, 0.2) is 0 Å². The number of ether oxygens (including phenoxy) is 1. The van der Waals surface area contributed by atoms with Crippen molar-refractivity contribution in [2.24, 2.45) is 5.92 Å². The zero-order chi connectivity index (χ0) is 9.10. The third-order valence-corrected chi connectivity index (χ3v) is 3.35. The third kappa shape index (κ3) is 2.68. The lowest BCUT2D eigenvalue weighted by atomic mass is 10.1. The van der Waals surface area contributed by atoms with Crippen molar-refractivity contribution in [1.29, 1.82) is 0 Å². The normalized spacial score (nSPS) is 39.9. The lowest BCUT2D eigenvalue weighted by Crippen LogP contribution is -2.33. The van der Waals surface area contributed by atoms with Gasteiger partial charge in [-0.05, 0) is 38.0 Å². The lowest BCUT2D eigenvalue weighted by molar-refractivity contribution is 0.107. The Balaban J connectivity index is 1.62. The predicted molar refractivity (Wildman–Crippen MR) is 53.8 cm³/mol. The van der Waals surface area contributed by atoms with E-state index in [0.29, 0.717) is 6.10 Å². The maximum absolute atomic E-state index is 5.58. The average molecular weight is 183 g/mol. The first-order valence-corrected chi connectivity index (χ1v) is 5.69. The van der Waals surface area contributed by atoms with E-state index in [-0.39, 0.29) is 0 Å². The molecule has 0 unspecified atom stereocenters. The highest BCUT2D eigenvalue weighted by molar-refractivity contribution is 4.80. The Bertz CT molecular complexity index is 154. The molecule has 1 aliphatic heterocycles. The topological polar surface area (TPSA) is 21.3 Å². The summed E-state index contributed by atoms with van der Waals surface area (Å²) in [4.78, 5) is 0. The molecule has 2 fully saturated rings. The van der Waals surface area contributed by atoms with Gasteiger partial charge in [-0.15, -0.1) is 0 Å². The summed E-state index contributed by atoms with van der Waals surface area (Å²) in [5.41, 5.74) is 0. The molecule has 0 radical (unpaired) electrons. The molecule has 0 aromatic carbocycles. The monoisotopic (exact) mass is 183 g/mol. The van der Waals surface area contributed by atoms with E-state index in [4.69, 9.17) is 4.74 Å². The first-order valence-electron chi connectivity index (χ1n) is 5.69. The van der Waals surface area contributed by atoms with Crippen LogP contribution in [0, 0.1) is 5.92 Å². The molecule has 1 aliphatic carbocycles. The maximum atomic E-state index is 5.58. The van der Waals surface area contributed by atoms with Crippen LogP contribution in [0.1, 0.15) is 39.0 Å². The van der Waals surface area contributed by atoms with E-state index in [1.807, 2.05) is 0 Å². The van der Waals surface area contributed by atoms with E-state index in [9.17, 15) is 0 Å². The molecule has 1 saturated carbocycles. The second-order valence-corrected chi connectivity index (χ2v) is 4.66. The molecule has 3 atom stereocenters. The van der Waals surface area contributed by atoms with Gasteiger partial charge in [0.2, 0.25) is 0 Å². The fourth-order valence-corrected chi connectivity index (χ4v) is 2.50. The Hall–Kier alpha value is -0.0800. The van der Waals surface area contributed by atoms with Gasteiger partial charge in [0.25, 0.3) is 0 Å². The minimum Gasteiger partial charge on any atom is -0.377 e. The number of hydrogen-bond acceptors (Lipinski definition) is 2. The van der Waals surface area contributed by atoms with E-state index in [1.165, 1.54) is 32.1 Å². The van der Waals surface area contributed by atoms with Crippen molar-refractivity contribution >= 4 is 0 Å². The fraction of sp³-hybridized carbons (Fsp3) is 1.00. The van der Waals surface area contributed by atoms with Crippen molar-refractivity contribution in [2.45, 2.75) is 51.2 Å². The van der Waals surface area contributed by atoms with Crippen molar-refractivity contribution in [3.05, 3.63) is 0 Å². The lowest BCUT2D eigenvalue weighted by Gasteiger charge is -2.15. The van der Waals surface area contributed by atoms with Crippen LogP contribution in [0.15, 0.2) is 0 Å². The minimum absolute atomic E-state index is 0.510. The summed E-state index contributed by atoms with van der Waals surface area (Å²) in [5, 5.41) is 3.63. The highest BCUT2D eigenvalue weighted by Gasteiger charge is 2.22. The van der Waals surface area contributed by atoms with Crippen molar-refractivity contribution in [3.8, 4) is 0 Å². The molecule has 0 bridgehead atoms. The first-order chi connectivity index (χ1) is 6.34. The molecule has 1 saturated heterocycles. The third-order valence-electron chi connectivity index (χ3n) is 3.35. The zero-order valence-electron chi connectivity index (χ0n) is 8.59. The van der Waals surface area contributed by atoms with Crippen LogP contribution in [-0.4, -0.2) is 25.3 Å². The van der Waals surface area contributed by atoms with Crippen molar-refractivity contribution < 1.29 is 4.74 Å². The van der Waals surface area contributed by atoms with Crippen molar-refractivity contribution in [3.63, 3.8) is 0 Å². The van der Waals surface area contributed by atoms with Crippen LogP contribution in [0.3, 0.4) is 0 Å². The predicted octanol–water partition coefficient (Wildman–Crippen LogP) is 1.94. The van der Waals surface area contributed by atoms with E-state index in [1.54, 1.807) is 0 Å². The molecule has 76 valence electrons. The molecule has 2 heteroatoms. The molecular formula is C11H21NO.